The van der Waals surface area contributed by atoms with Gasteiger partial charge in [-0.3, -0.25) is 0 Å². The monoisotopic (exact) mass is 283 g/mol. The average Bonchev–Trinajstić information content (AvgIpc) is 2.90. The molecule has 0 aliphatic carbocycles. The first-order chi connectivity index (χ1) is 10.3. The molecular weight excluding hydrogens is 266 g/mol. The van der Waals surface area contributed by atoms with Gasteiger partial charge in [-0.25, -0.2) is 4.79 Å². The van der Waals surface area contributed by atoms with Gasteiger partial charge in [-0.15, -0.1) is 0 Å². The van der Waals surface area contributed by atoms with Crippen molar-refractivity contribution in [2.45, 2.75) is 12.0 Å². The lowest BCUT2D eigenvalue weighted by molar-refractivity contribution is -0.138. The van der Waals surface area contributed by atoms with Crippen LogP contribution in [0.15, 0.2) is 54.6 Å². The number of anilines is 1. The van der Waals surface area contributed by atoms with E-state index in [1.807, 2.05) is 54.6 Å². The molecule has 0 saturated carbocycles. The van der Waals surface area contributed by atoms with Gasteiger partial charge in [0.05, 0.1) is 7.11 Å². The SMILES string of the molecule is COc1ccc(N[C@@H]2C(=O)OC[C@@H]2c2ccccc2)cc1. The van der Waals surface area contributed by atoms with Gasteiger partial charge < -0.3 is 14.8 Å². The van der Waals surface area contributed by atoms with E-state index < -0.39 is 0 Å². The Bertz CT molecular complexity index is 610. The molecule has 0 bridgehead atoms. The van der Waals surface area contributed by atoms with Gasteiger partial charge in [0, 0.05) is 11.6 Å². The third kappa shape index (κ3) is 2.84. The number of rotatable bonds is 4. The first-order valence-corrected chi connectivity index (χ1v) is 6.90. The highest BCUT2D eigenvalue weighted by molar-refractivity contribution is 5.83. The van der Waals surface area contributed by atoms with Gasteiger partial charge in [0.2, 0.25) is 0 Å². The largest absolute Gasteiger partial charge is 0.497 e. The zero-order valence-electron chi connectivity index (χ0n) is 11.8. The number of esters is 1. The van der Waals surface area contributed by atoms with Crippen LogP contribution < -0.4 is 10.1 Å². The lowest BCUT2D eigenvalue weighted by Crippen LogP contribution is -2.30. The smallest absolute Gasteiger partial charge is 0.329 e. The van der Waals surface area contributed by atoms with E-state index in [-0.39, 0.29) is 17.9 Å². The predicted molar refractivity (Wildman–Crippen MR) is 80.5 cm³/mol. The summed E-state index contributed by atoms with van der Waals surface area (Å²) in [6, 6.07) is 17.1. The Labute approximate surface area is 123 Å². The van der Waals surface area contributed by atoms with Gasteiger partial charge in [0.1, 0.15) is 18.4 Å². The number of carbonyl (C=O) groups is 1. The fourth-order valence-electron chi connectivity index (χ4n) is 2.54. The summed E-state index contributed by atoms with van der Waals surface area (Å²) >= 11 is 0. The van der Waals surface area contributed by atoms with Gasteiger partial charge in [-0.05, 0) is 29.8 Å². The summed E-state index contributed by atoms with van der Waals surface area (Å²) in [6.07, 6.45) is 0. The molecule has 1 saturated heterocycles. The van der Waals surface area contributed by atoms with E-state index in [1.54, 1.807) is 7.11 Å². The van der Waals surface area contributed by atoms with Crippen LogP contribution in [0.1, 0.15) is 11.5 Å². The molecule has 0 amide bonds. The lowest BCUT2D eigenvalue weighted by Gasteiger charge is -2.18. The highest BCUT2D eigenvalue weighted by Gasteiger charge is 2.37. The molecule has 1 aliphatic rings. The van der Waals surface area contributed by atoms with Crippen molar-refractivity contribution in [3.05, 3.63) is 60.2 Å². The van der Waals surface area contributed by atoms with Crippen LogP contribution in [0.2, 0.25) is 0 Å². The molecule has 1 N–H and O–H groups in total. The van der Waals surface area contributed by atoms with E-state index in [1.165, 1.54) is 0 Å². The summed E-state index contributed by atoms with van der Waals surface area (Å²) in [7, 11) is 1.63. The minimum atomic E-state index is -0.360. The molecule has 2 aromatic rings. The zero-order chi connectivity index (χ0) is 14.7. The Hall–Kier alpha value is -2.49. The molecule has 1 aliphatic heterocycles. The standard InChI is InChI=1S/C17H17NO3/c1-20-14-9-7-13(8-10-14)18-16-15(11-21-17(16)19)12-5-3-2-4-6-12/h2-10,15-16,18H,11H2,1H3/t15-,16+/m1/s1. The van der Waals surface area contributed by atoms with Gasteiger partial charge in [0.25, 0.3) is 0 Å². The maximum atomic E-state index is 12.0. The highest BCUT2D eigenvalue weighted by Crippen LogP contribution is 2.29. The van der Waals surface area contributed by atoms with Crippen LogP contribution in [0.25, 0.3) is 0 Å². The maximum absolute atomic E-state index is 12.0. The second-order valence-electron chi connectivity index (χ2n) is 5.00. The molecule has 2 atom stereocenters. The van der Waals surface area contributed by atoms with Crippen molar-refractivity contribution < 1.29 is 14.3 Å². The van der Waals surface area contributed by atoms with Crippen LogP contribution in [-0.4, -0.2) is 25.7 Å². The van der Waals surface area contributed by atoms with Gasteiger partial charge >= 0.3 is 5.97 Å². The first kappa shape index (κ1) is 13.5. The van der Waals surface area contributed by atoms with Gasteiger partial charge in [0.15, 0.2) is 0 Å². The second kappa shape index (κ2) is 5.87. The number of hydrogen-bond donors (Lipinski definition) is 1. The quantitative estimate of drug-likeness (QED) is 0.877. The second-order valence-corrected chi connectivity index (χ2v) is 5.00. The van der Waals surface area contributed by atoms with E-state index in [9.17, 15) is 4.79 Å². The van der Waals surface area contributed by atoms with Crippen molar-refractivity contribution in [3.63, 3.8) is 0 Å². The van der Waals surface area contributed by atoms with E-state index in [0.717, 1.165) is 17.0 Å². The maximum Gasteiger partial charge on any atom is 0.329 e. The Morgan fingerprint density at radius 3 is 2.48 bits per heavy atom. The van der Waals surface area contributed by atoms with Gasteiger partial charge in [-0.2, -0.15) is 0 Å². The number of cyclic esters (lactones) is 1. The normalized spacial score (nSPS) is 20.9. The van der Waals surface area contributed by atoms with Crippen molar-refractivity contribution in [1.82, 2.24) is 0 Å². The van der Waals surface area contributed by atoms with E-state index in [0.29, 0.717) is 6.61 Å². The number of benzene rings is 2. The Morgan fingerprint density at radius 2 is 1.81 bits per heavy atom. The molecule has 1 heterocycles. The van der Waals surface area contributed by atoms with Crippen molar-refractivity contribution in [3.8, 4) is 5.75 Å². The summed E-state index contributed by atoms with van der Waals surface area (Å²) in [5, 5.41) is 3.26. The van der Waals surface area contributed by atoms with E-state index >= 15 is 0 Å². The predicted octanol–water partition coefficient (Wildman–Crippen LogP) is 2.82. The number of nitrogens with one attached hydrogen (secondary N) is 1. The van der Waals surface area contributed by atoms with Crippen LogP contribution >= 0.6 is 0 Å². The molecule has 3 rings (SSSR count). The number of methoxy groups -OCH3 is 1. The van der Waals surface area contributed by atoms with Crippen LogP contribution in [0.4, 0.5) is 5.69 Å². The van der Waals surface area contributed by atoms with Crippen molar-refractivity contribution in [2.24, 2.45) is 0 Å². The number of ether oxygens (including phenoxy) is 2. The lowest BCUT2D eigenvalue weighted by atomic mass is 9.94. The summed E-state index contributed by atoms with van der Waals surface area (Å²) in [4.78, 5) is 12.0. The number of carbonyl (C=O) groups excluding carboxylic acids is 1. The molecule has 108 valence electrons. The van der Waals surface area contributed by atoms with Crippen molar-refractivity contribution >= 4 is 11.7 Å². The molecule has 0 unspecified atom stereocenters. The summed E-state index contributed by atoms with van der Waals surface area (Å²) in [5.74, 6) is 0.606. The average molecular weight is 283 g/mol. The molecule has 0 radical (unpaired) electrons. The molecule has 21 heavy (non-hydrogen) atoms. The van der Waals surface area contributed by atoms with Crippen LogP contribution in [0.3, 0.4) is 0 Å². The Kier molecular flexibility index (Phi) is 3.77. The highest BCUT2D eigenvalue weighted by atomic mass is 16.5. The van der Waals surface area contributed by atoms with Crippen molar-refractivity contribution in [1.29, 1.82) is 0 Å². The Balaban J connectivity index is 1.79. The molecular formula is C17H17NO3. The molecule has 2 aromatic carbocycles. The minimum absolute atomic E-state index is 0.0285. The fourth-order valence-corrected chi connectivity index (χ4v) is 2.54. The van der Waals surface area contributed by atoms with Gasteiger partial charge in [-0.1, -0.05) is 30.3 Å². The van der Waals surface area contributed by atoms with E-state index in [2.05, 4.69) is 5.32 Å². The van der Waals surface area contributed by atoms with E-state index in [4.69, 9.17) is 9.47 Å². The fraction of sp³-hybridized carbons (Fsp3) is 0.235. The summed E-state index contributed by atoms with van der Waals surface area (Å²) < 4.78 is 10.4. The topological polar surface area (TPSA) is 47.6 Å². The molecule has 4 nitrogen and oxygen atoms in total. The minimum Gasteiger partial charge on any atom is -0.497 e. The van der Waals surface area contributed by atoms with Crippen molar-refractivity contribution in [2.75, 3.05) is 19.0 Å². The first-order valence-electron chi connectivity index (χ1n) is 6.90. The third-order valence-electron chi connectivity index (χ3n) is 3.70. The molecule has 1 fully saturated rings. The Morgan fingerprint density at radius 1 is 1.10 bits per heavy atom. The zero-order valence-corrected chi connectivity index (χ0v) is 11.8. The molecule has 4 heteroatoms. The molecule has 0 aromatic heterocycles. The third-order valence-corrected chi connectivity index (χ3v) is 3.70. The summed E-state index contributed by atoms with van der Waals surface area (Å²) in [5.41, 5.74) is 1.98. The summed E-state index contributed by atoms with van der Waals surface area (Å²) in [6.45, 7) is 0.413. The van der Waals surface area contributed by atoms with Crippen LogP contribution in [-0.2, 0) is 9.53 Å². The molecule has 0 spiro atoms. The number of hydrogen-bond acceptors (Lipinski definition) is 4. The van der Waals surface area contributed by atoms with Crippen LogP contribution in [0.5, 0.6) is 5.75 Å². The van der Waals surface area contributed by atoms with Crippen LogP contribution in [0, 0.1) is 0 Å².